The van der Waals surface area contributed by atoms with E-state index >= 15 is 0 Å². The van der Waals surface area contributed by atoms with Crippen molar-refractivity contribution in [3.05, 3.63) is 65.7 Å². The fourth-order valence-electron chi connectivity index (χ4n) is 4.58. The Hall–Kier alpha value is -2.86. The van der Waals surface area contributed by atoms with Crippen LogP contribution in [0.3, 0.4) is 0 Å². The van der Waals surface area contributed by atoms with Crippen molar-refractivity contribution in [2.45, 2.75) is 44.5 Å². The number of amides is 1. The minimum absolute atomic E-state index is 0.00481. The van der Waals surface area contributed by atoms with Gasteiger partial charge in [-0.3, -0.25) is 14.5 Å². The number of ether oxygens (including phenoxy) is 1. The number of carbonyl (C=O) groups is 2. The number of nitrogens with one attached hydrogen (secondary N) is 1. The third-order valence-corrected chi connectivity index (χ3v) is 6.06. The molecule has 2 aromatic carbocycles. The van der Waals surface area contributed by atoms with E-state index in [1.807, 2.05) is 54.6 Å². The Morgan fingerprint density at radius 3 is 2.48 bits per heavy atom. The van der Waals surface area contributed by atoms with E-state index < -0.39 is 5.97 Å². The zero-order chi connectivity index (χ0) is 20.2. The molecule has 6 nitrogen and oxygen atoms in total. The Bertz CT molecular complexity index is 870. The summed E-state index contributed by atoms with van der Waals surface area (Å²) in [4.78, 5) is 26.0. The van der Waals surface area contributed by atoms with Gasteiger partial charge in [-0.15, -0.1) is 0 Å². The van der Waals surface area contributed by atoms with E-state index in [1.54, 1.807) is 0 Å². The third-order valence-electron chi connectivity index (χ3n) is 6.06. The van der Waals surface area contributed by atoms with Gasteiger partial charge in [0.15, 0.2) is 0 Å². The van der Waals surface area contributed by atoms with E-state index in [4.69, 9.17) is 4.74 Å². The molecular weight excluding hydrogens is 368 g/mol. The first-order valence-electron chi connectivity index (χ1n) is 10.1. The lowest BCUT2D eigenvalue weighted by atomic mass is 9.89. The van der Waals surface area contributed by atoms with Crippen LogP contribution in [0, 0.1) is 5.92 Å². The number of nitrogens with zero attached hydrogens (tertiary/aromatic N) is 1. The fraction of sp³-hybridized carbons (Fsp3) is 0.391. The largest absolute Gasteiger partial charge is 0.489 e. The molecule has 2 aromatic rings. The molecule has 3 unspecified atom stereocenters. The molecule has 152 valence electrons. The van der Waals surface area contributed by atoms with Gasteiger partial charge in [-0.25, -0.2) is 0 Å². The Morgan fingerprint density at radius 2 is 1.76 bits per heavy atom. The van der Waals surface area contributed by atoms with Gasteiger partial charge in [0.2, 0.25) is 5.91 Å². The number of carbonyl (C=O) groups excluding carboxylic acids is 1. The molecule has 29 heavy (non-hydrogen) atoms. The average molecular weight is 394 g/mol. The van der Waals surface area contributed by atoms with Crippen LogP contribution in [0.4, 0.5) is 0 Å². The lowest BCUT2D eigenvalue weighted by molar-refractivity contribution is -0.143. The van der Waals surface area contributed by atoms with Crippen LogP contribution in [0.25, 0.3) is 0 Å². The van der Waals surface area contributed by atoms with Crippen molar-refractivity contribution in [2.75, 3.05) is 6.54 Å². The Morgan fingerprint density at radius 1 is 1.03 bits per heavy atom. The molecule has 0 aromatic heterocycles. The molecule has 2 heterocycles. The summed E-state index contributed by atoms with van der Waals surface area (Å²) in [5, 5.41) is 12.4. The van der Waals surface area contributed by atoms with Gasteiger partial charge in [0.05, 0.1) is 12.5 Å². The highest BCUT2D eigenvalue weighted by Crippen LogP contribution is 2.41. The number of carboxylic acid groups (broad SMARTS) is 1. The summed E-state index contributed by atoms with van der Waals surface area (Å²) in [5.41, 5.74) is 2.05. The number of hydrogen-bond donors (Lipinski definition) is 2. The number of carboxylic acids is 1. The Kier molecular flexibility index (Phi) is 5.81. The monoisotopic (exact) mass is 394 g/mol. The fourth-order valence-corrected chi connectivity index (χ4v) is 4.58. The highest BCUT2D eigenvalue weighted by Gasteiger charge is 2.49. The van der Waals surface area contributed by atoms with E-state index in [0.717, 1.165) is 29.7 Å². The average Bonchev–Trinajstić information content (AvgIpc) is 3.29. The molecule has 2 N–H and O–H groups in total. The van der Waals surface area contributed by atoms with E-state index in [9.17, 15) is 14.7 Å². The summed E-state index contributed by atoms with van der Waals surface area (Å²) in [6, 6.07) is 17.8. The van der Waals surface area contributed by atoms with Gasteiger partial charge >= 0.3 is 5.97 Å². The lowest BCUT2D eigenvalue weighted by Gasteiger charge is -2.22. The molecule has 0 spiro atoms. The van der Waals surface area contributed by atoms with E-state index in [-0.39, 0.29) is 30.5 Å². The molecule has 4 rings (SSSR count). The van der Waals surface area contributed by atoms with Crippen molar-refractivity contribution in [1.29, 1.82) is 0 Å². The maximum absolute atomic E-state index is 12.5. The number of fused-ring (bicyclic) bond motifs is 2. The first-order chi connectivity index (χ1) is 14.1. The molecule has 6 heteroatoms. The predicted molar refractivity (Wildman–Crippen MR) is 108 cm³/mol. The van der Waals surface area contributed by atoms with Gasteiger partial charge in [-0.2, -0.15) is 0 Å². The quantitative estimate of drug-likeness (QED) is 0.720. The molecular formula is C23H26N2O4. The third kappa shape index (κ3) is 4.43. The number of aliphatic carboxylic acids is 1. The lowest BCUT2D eigenvalue weighted by Crippen LogP contribution is -2.41. The molecule has 2 aliphatic rings. The molecule has 2 saturated heterocycles. The number of rotatable bonds is 8. The van der Waals surface area contributed by atoms with Crippen LogP contribution in [0.5, 0.6) is 5.75 Å². The standard InChI is InChI=1S/C23H26N2O4/c26-22(14-25-18-10-11-21(25)20(12-18)23(27)28)24-13-16-6-4-5-7-17(16)15-29-19-8-2-1-3-9-19/h1-9,18,20-21H,10-15H2,(H,24,26)(H,27,28). The maximum atomic E-state index is 12.5. The van der Waals surface area contributed by atoms with Gasteiger partial charge < -0.3 is 15.2 Å². The van der Waals surface area contributed by atoms with Gasteiger partial charge in [0.1, 0.15) is 12.4 Å². The first kappa shape index (κ1) is 19.5. The van der Waals surface area contributed by atoms with Crippen molar-refractivity contribution in [3.8, 4) is 5.75 Å². The van der Waals surface area contributed by atoms with Crippen molar-refractivity contribution in [1.82, 2.24) is 10.2 Å². The van der Waals surface area contributed by atoms with Crippen molar-refractivity contribution < 1.29 is 19.4 Å². The summed E-state index contributed by atoms with van der Waals surface area (Å²) in [6.45, 7) is 1.13. The van der Waals surface area contributed by atoms with Crippen LogP contribution < -0.4 is 10.1 Å². The number of hydrogen-bond acceptors (Lipinski definition) is 4. The predicted octanol–water partition coefficient (Wildman–Crippen LogP) is 2.82. The van der Waals surface area contributed by atoms with Crippen LogP contribution in [-0.4, -0.2) is 40.5 Å². The van der Waals surface area contributed by atoms with Gasteiger partial charge in [0, 0.05) is 18.6 Å². The second-order valence-electron chi connectivity index (χ2n) is 7.80. The highest BCUT2D eigenvalue weighted by atomic mass is 16.5. The zero-order valence-electron chi connectivity index (χ0n) is 16.3. The van der Waals surface area contributed by atoms with E-state index in [1.165, 1.54) is 0 Å². The summed E-state index contributed by atoms with van der Waals surface area (Å²) >= 11 is 0. The molecule has 2 bridgehead atoms. The Labute approximate surface area is 170 Å². The molecule has 2 aliphatic heterocycles. The molecule has 0 aliphatic carbocycles. The molecule has 1 amide bonds. The summed E-state index contributed by atoms with van der Waals surface area (Å²) in [6.07, 6.45) is 2.52. The van der Waals surface area contributed by atoms with Crippen LogP contribution in [0.15, 0.2) is 54.6 Å². The SMILES string of the molecule is O=C(CN1C2CCC1C(C(=O)O)C2)NCc1ccccc1COc1ccccc1. The topological polar surface area (TPSA) is 78.9 Å². The van der Waals surface area contributed by atoms with Crippen LogP contribution in [0.2, 0.25) is 0 Å². The second kappa shape index (κ2) is 8.66. The minimum Gasteiger partial charge on any atom is -0.489 e. The van der Waals surface area contributed by atoms with Gasteiger partial charge in [-0.05, 0) is 42.5 Å². The highest BCUT2D eigenvalue weighted by molar-refractivity contribution is 5.79. The van der Waals surface area contributed by atoms with Crippen molar-refractivity contribution in [3.63, 3.8) is 0 Å². The van der Waals surface area contributed by atoms with Crippen molar-refractivity contribution in [2.24, 2.45) is 5.92 Å². The summed E-state index contributed by atoms with van der Waals surface area (Å²) < 4.78 is 5.84. The number of para-hydroxylation sites is 1. The van der Waals surface area contributed by atoms with Gasteiger partial charge in [-0.1, -0.05) is 42.5 Å². The van der Waals surface area contributed by atoms with Crippen LogP contribution in [-0.2, 0) is 22.7 Å². The molecule has 0 saturated carbocycles. The summed E-state index contributed by atoms with van der Waals surface area (Å²) in [5.74, 6) is -0.331. The first-order valence-corrected chi connectivity index (χ1v) is 10.1. The molecule has 2 fully saturated rings. The van der Waals surface area contributed by atoms with E-state index in [0.29, 0.717) is 19.6 Å². The van der Waals surface area contributed by atoms with Gasteiger partial charge in [0.25, 0.3) is 0 Å². The second-order valence-corrected chi connectivity index (χ2v) is 7.80. The maximum Gasteiger partial charge on any atom is 0.308 e. The van der Waals surface area contributed by atoms with Crippen LogP contribution >= 0.6 is 0 Å². The smallest absolute Gasteiger partial charge is 0.308 e. The Balaban J connectivity index is 1.31. The zero-order valence-corrected chi connectivity index (χ0v) is 16.3. The molecule has 3 atom stereocenters. The minimum atomic E-state index is -0.741. The number of benzene rings is 2. The summed E-state index contributed by atoms with van der Waals surface area (Å²) in [7, 11) is 0. The van der Waals surface area contributed by atoms with E-state index in [2.05, 4.69) is 10.2 Å². The molecule has 0 radical (unpaired) electrons. The van der Waals surface area contributed by atoms with Crippen molar-refractivity contribution >= 4 is 11.9 Å². The normalized spacial score (nSPS) is 23.1. The van der Waals surface area contributed by atoms with Crippen LogP contribution in [0.1, 0.15) is 30.4 Å².